The van der Waals surface area contributed by atoms with E-state index in [4.69, 9.17) is 4.74 Å². The Kier molecular flexibility index (Phi) is 5.33. The molecule has 1 aromatic carbocycles. The predicted octanol–water partition coefficient (Wildman–Crippen LogP) is 1.62. The van der Waals surface area contributed by atoms with Crippen molar-refractivity contribution < 1.29 is 14.3 Å². The second-order valence-corrected chi connectivity index (χ2v) is 7.00. The van der Waals surface area contributed by atoms with Crippen LogP contribution in [-0.2, 0) is 11.8 Å². The fourth-order valence-electron chi connectivity index (χ4n) is 3.49. The maximum absolute atomic E-state index is 12.8. The van der Waals surface area contributed by atoms with Crippen LogP contribution >= 0.6 is 0 Å². The van der Waals surface area contributed by atoms with Gasteiger partial charge in [-0.3, -0.25) is 14.3 Å². The van der Waals surface area contributed by atoms with Crippen molar-refractivity contribution in [3.8, 4) is 11.6 Å². The van der Waals surface area contributed by atoms with E-state index in [1.165, 1.54) is 0 Å². The van der Waals surface area contributed by atoms with Gasteiger partial charge in [-0.2, -0.15) is 5.10 Å². The molecule has 2 aromatic heterocycles. The van der Waals surface area contributed by atoms with Gasteiger partial charge < -0.3 is 19.5 Å². The number of rotatable bonds is 6. The van der Waals surface area contributed by atoms with Crippen LogP contribution in [0.15, 0.2) is 61.1 Å². The lowest BCUT2D eigenvalue weighted by molar-refractivity contribution is -0.132. The van der Waals surface area contributed by atoms with Crippen LogP contribution in [0.5, 0.6) is 5.75 Å². The molecule has 0 spiro atoms. The van der Waals surface area contributed by atoms with Crippen molar-refractivity contribution in [1.82, 2.24) is 24.6 Å². The molecule has 8 nitrogen and oxygen atoms in total. The SMILES string of the molecule is Cn1ncc(C(=O)N[C@H]2CCN(C(=O)COc3ccccc3)C2)c1-n1cccc1. The normalized spacial score (nSPS) is 16.0. The van der Waals surface area contributed by atoms with Gasteiger partial charge in [-0.25, -0.2) is 0 Å². The smallest absolute Gasteiger partial charge is 0.260 e. The topological polar surface area (TPSA) is 81.4 Å². The molecular formula is C21H23N5O3. The van der Waals surface area contributed by atoms with Gasteiger partial charge in [0, 0.05) is 38.6 Å². The molecule has 1 N–H and O–H groups in total. The molecule has 150 valence electrons. The summed E-state index contributed by atoms with van der Waals surface area (Å²) in [4.78, 5) is 26.9. The quantitative estimate of drug-likeness (QED) is 0.690. The molecule has 3 aromatic rings. The summed E-state index contributed by atoms with van der Waals surface area (Å²) in [5.41, 5.74) is 0.501. The first-order chi connectivity index (χ1) is 14.1. The van der Waals surface area contributed by atoms with Crippen LogP contribution in [0.3, 0.4) is 0 Å². The highest BCUT2D eigenvalue weighted by atomic mass is 16.5. The summed E-state index contributed by atoms with van der Waals surface area (Å²) in [7, 11) is 1.80. The van der Waals surface area contributed by atoms with E-state index in [2.05, 4.69) is 10.4 Å². The summed E-state index contributed by atoms with van der Waals surface area (Å²) in [6.07, 6.45) is 6.02. The molecule has 0 bridgehead atoms. The number of aromatic nitrogens is 3. The number of carbonyl (C=O) groups is 2. The molecule has 1 saturated heterocycles. The van der Waals surface area contributed by atoms with E-state index in [1.807, 2.05) is 59.4 Å². The molecule has 3 heterocycles. The molecule has 0 saturated carbocycles. The van der Waals surface area contributed by atoms with Gasteiger partial charge in [-0.15, -0.1) is 0 Å². The van der Waals surface area contributed by atoms with Gasteiger partial charge in [0.05, 0.1) is 6.20 Å². The maximum Gasteiger partial charge on any atom is 0.260 e. The van der Waals surface area contributed by atoms with Crippen molar-refractivity contribution in [3.63, 3.8) is 0 Å². The second-order valence-electron chi connectivity index (χ2n) is 7.00. The lowest BCUT2D eigenvalue weighted by Crippen LogP contribution is -2.39. The Morgan fingerprint density at radius 3 is 2.69 bits per heavy atom. The van der Waals surface area contributed by atoms with E-state index in [9.17, 15) is 9.59 Å². The van der Waals surface area contributed by atoms with Crippen molar-refractivity contribution in [1.29, 1.82) is 0 Å². The molecule has 1 fully saturated rings. The lowest BCUT2D eigenvalue weighted by atomic mass is 10.2. The third-order valence-corrected chi connectivity index (χ3v) is 4.98. The van der Waals surface area contributed by atoms with Crippen molar-refractivity contribution >= 4 is 11.8 Å². The molecule has 1 atom stereocenters. The van der Waals surface area contributed by atoms with Crippen LogP contribution < -0.4 is 10.1 Å². The molecule has 2 amide bonds. The Hall–Kier alpha value is -3.55. The standard InChI is InChI=1S/C21H23N5O3/c1-24-21(25-10-5-6-11-25)18(13-22-24)20(28)23-16-9-12-26(14-16)19(27)15-29-17-7-3-2-4-8-17/h2-8,10-11,13,16H,9,12,14-15H2,1H3,(H,23,28)/t16-/m0/s1. The Bertz CT molecular complexity index is 981. The largest absolute Gasteiger partial charge is 0.484 e. The number of benzene rings is 1. The number of nitrogens with zero attached hydrogens (tertiary/aromatic N) is 4. The molecule has 1 aliphatic heterocycles. The minimum Gasteiger partial charge on any atom is -0.484 e. The first-order valence-corrected chi connectivity index (χ1v) is 9.53. The van der Waals surface area contributed by atoms with Gasteiger partial charge in [0.15, 0.2) is 6.61 Å². The minimum atomic E-state index is -0.193. The van der Waals surface area contributed by atoms with Crippen molar-refractivity contribution in [3.05, 3.63) is 66.6 Å². The van der Waals surface area contributed by atoms with Gasteiger partial charge in [0.25, 0.3) is 11.8 Å². The van der Waals surface area contributed by atoms with E-state index in [1.54, 1.807) is 22.8 Å². The number of aryl methyl sites for hydroxylation is 1. The molecule has 1 aliphatic rings. The van der Waals surface area contributed by atoms with E-state index in [0.717, 1.165) is 0 Å². The summed E-state index contributed by atoms with van der Waals surface area (Å²) in [5, 5.41) is 7.25. The summed E-state index contributed by atoms with van der Waals surface area (Å²) in [6.45, 7) is 1.06. The number of para-hydroxylation sites is 1. The summed E-state index contributed by atoms with van der Waals surface area (Å²) >= 11 is 0. The number of ether oxygens (including phenoxy) is 1. The van der Waals surface area contributed by atoms with E-state index in [-0.39, 0.29) is 24.5 Å². The van der Waals surface area contributed by atoms with Crippen LogP contribution in [0.1, 0.15) is 16.8 Å². The number of amides is 2. The second kappa shape index (κ2) is 8.22. The van der Waals surface area contributed by atoms with Gasteiger partial charge in [-0.05, 0) is 30.7 Å². The molecule has 8 heteroatoms. The Morgan fingerprint density at radius 1 is 1.17 bits per heavy atom. The highest BCUT2D eigenvalue weighted by Crippen LogP contribution is 2.16. The third-order valence-electron chi connectivity index (χ3n) is 4.98. The highest BCUT2D eigenvalue weighted by Gasteiger charge is 2.29. The van der Waals surface area contributed by atoms with Gasteiger partial charge in [-0.1, -0.05) is 18.2 Å². The number of hydrogen-bond donors (Lipinski definition) is 1. The summed E-state index contributed by atoms with van der Waals surface area (Å²) in [6, 6.07) is 12.9. The average molecular weight is 393 g/mol. The van der Waals surface area contributed by atoms with Crippen LogP contribution in [0.2, 0.25) is 0 Å². The zero-order valence-electron chi connectivity index (χ0n) is 16.2. The van der Waals surface area contributed by atoms with E-state index >= 15 is 0 Å². The lowest BCUT2D eigenvalue weighted by Gasteiger charge is -2.17. The zero-order chi connectivity index (χ0) is 20.2. The Morgan fingerprint density at radius 2 is 1.93 bits per heavy atom. The highest BCUT2D eigenvalue weighted by molar-refractivity contribution is 5.97. The van der Waals surface area contributed by atoms with Crippen LogP contribution in [0, 0.1) is 0 Å². The van der Waals surface area contributed by atoms with Crippen LogP contribution in [0.4, 0.5) is 0 Å². The number of hydrogen-bond acceptors (Lipinski definition) is 4. The minimum absolute atomic E-state index is 0.00887. The molecular weight excluding hydrogens is 370 g/mol. The summed E-state index contributed by atoms with van der Waals surface area (Å²) < 4.78 is 9.05. The van der Waals surface area contributed by atoms with Crippen molar-refractivity contribution in [2.45, 2.75) is 12.5 Å². The third kappa shape index (κ3) is 4.16. The van der Waals surface area contributed by atoms with Gasteiger partial charge in [0.1, 0.15) is 17.1 Å². The molecule has 4 rings (SSSR count). The van der Waals surface area contributed by atoms with Gasteiger partial charge in [0.2, 0.25) is 0 Å². The molecule has 0 unspecified atom stereocenters. The molecule has 0 aliphatic carbocycles. The molecule has 29 heavy (non-hydrogen) atoms. The summed E-state index contributed by atoms with van der Waals surface area (Å²) in [5.74, 6) is 1.09. The number of likely N-dealkylation sites (tertiary alicyclic amines) is 1. The van der Waals surface area contributed by atoms with E-state index < -0.39 is 0 Å². The van der Waals surface area contributed by atoms with Crippen molar-refractivity contribution in [2.75, 3.05) is 19.7 Å². The van der Waals surface area contributed by atoms with Gasteiger partial charge >= 0.3 is 0 Å². The fourth-order valence-corrected chi connectivity index (χ4v) is 3.49. The monoisotopic (exact) mass is 393 g/mol. The van der Waals surface area contributed by atoms with Crippen LogP contribution in [0.25, 0.3) is 5.82 Å². The predicted molar refractivity (Wildman–Crippen MR) is 107 cm³/mol. The Balaban J connectivity index is 1.33. The zero-order valence-corrected chi connectivity index (χ0v) is 16.2. The Labute approximate surface area is 168 Å². The molecule has 0 radical (unpaired) electrons. The number of carbonyl (C=O) groups excluding carboxylic acids is 2. The first kappa shape index (κ1) is 18.8. The van der Waals surface area contributed by atoms with E-state index in [0.29, 0.717) is 36.6 Å². The first-order valence-electron chi connectivity index (χ1n) is 9.53. The maximum atomic E-state index is 12.8. The average Bonchev–Trinajstić information content (AvgIpc) is 3.47. The van der Waals surface area contributed by atoms with Crippen molar-refractivity contribution in [2.24, 2.45) is 7.05 Å². The number of nitrogens with one attached hydrogen (secondary N) is 1. The fraction of sp³-hybridized carbons (Fsp3) is 0.286. The van der Waals surface area contributed by atoms with Crippen LogP contribution in [-0.4, -0.2) is 56.8 Å².